The zero-order valence-corrected chi connectivity index (χ0v) is 12.8. The first-order valence-corrected chi connectivity index (χ1v) is 7.52. The first kappa shape index (κ1) is 15.4. The minimum Gasteiger partial charge on any atom is -0.325 e. The molecule has 2 rings (SSSR count). The molecule has 0 unspecified atom stereocenters. The van der Waals surface area contributed by atoms with E-state index in [4.69, 9.17) is 16.9 Å². The maximum atomic E-state index is 11.8. The molecule has 8 heteroatoms. The number of H-pyrrole nitrogens is 1. The second-order valence-corrected chi connectivity index (χ2v) is 5.41. The number of hydrogen-bond donors (Lipinski definition) is 2. The summed E-state index contributed by atoms with van der Waals surface area (Å²) in [5.74, 6) is 0.791. The molecule has 108 valence electrons. The van der Waals surface area contributed by atoms with Gasteiger partial charge in [-0.25, -0.2) is 4.98 Å². The van der Waals surface area contributed by atoms with Gasteiger partial charge in [-0.3, -0.25) is 9.89 Å². The van der Waals surface area contributed by atoms with Crippen LogP contribution in [0.4, 0.5) is 5.69 Å². The van der Waals surface area contributed by atoms with Crippen LogP contribution in [0.15, 0.2) is 23.4 Å². The third-order valence-electron chi connectivity index (χ3n) is 2.55. The van der Waals surface area contributed by atoms with Crippen molar-refractivity contribution in [3.63, 3.8) is 0 Å². The Labute approximate surface area is 130 Å². The van der Waals surface area contributed by atoms with Gasteiger partial charge in [-0.2, -0.15) is 5.26 Å². The Morgan fingerprint density at radius 2 is 2.38 bits per heavy atom. The van der Waals surface area contributed by atoms with Gasteiger partial charge in [-0.15, -0.1) is 5.10 Å². The lowest BCUT2D eigenvalue weighted by Crippen LogP contribution is -2.14. The van der Waals surface area contributed by atoms with E-state index in [1.54, 1.807) is 18.2 Å². The molecule has 1 heterocycles. The summed E-state index contributed by atoms with van der Waals surface area (Å²) in [5, 5.41) is 19.1. The lowest BCUT2D eigenvalue weighted by molar-refractivity contribution is -0.113. The van der Waals surface area contributed by atoms with Crippen molar-refractivity contribution >= 4 is 35.0 Å². The molecule has 0 aliphatic heterocycles. The van der Waals surface area contributed by atoms with E-state index < -0.39 is 0 Å². The zero-order chi connectivity index (χ0) is 15.2. The Hall–Kier alpha value is -2.04. The van der Waals surface area contributed by atoms with Gasteiger partial charge >= 0.3 is 0 Å². The lowest BCUT2D eigenvalue weighted by atomic mass is 10.2. The second kappa shape index (κ2) is 7.11. The predicted molar refractivity (Wildman–Crippen MR) is 81.3 cm³/mol. The minimum absolute atomic E-state index is 0.191. The normalized spacial score (nSPS) is 10.1. The summed E-state index contributed by atoms with van der Waals surface area (Å²) in [5.41, 5.74) is 0.922. The van der Waals surface area contributed by atoms with E-state index in [-0.39, 0.29) is 11.7 Å². The van der Waals surface area contributed by atoms with Crippen molar-refractivity contribution < 1.29 is 4.79 Å². The van der Waals surface area contributed by atoms with E-state index in [9.17, 15) is 4.79 Å². The molecule has 0 radical (unpaired) electrons. The SMILES string of the molecule is CCc1nc(SCC(=O)Nc2ccc(C#N)c(Cl)c2)n[nH]1. The smallest absolute Gasteiger partial charge is 0.234 e. The number of rotatable bonds is 5. The molecule has 1 aromatic heterocycles. The number of carbonyl (C=O) groups excluding carboxylic acids is 1. The minimum atomic E-state index is -0.191. The summed E-state index contributed by atoms with van der Waals surface area (Å²) in [7, 11) is 0. The van der Waals surface area contributed by atoms with Crippen molar-refractivity contribution in [3.05, 3.63) is 34.6 Å². The topological polar surface area (TPSA) is 94.5 Å². The second-order valence-electron chi connectivity index (χ2n) is 4.06. The van der Waals surface area contributed by atoms with Gasteiger partial charge in [0, 0.05) is 12.1 Å². The fraction of sp³-hybridized carbons (Fsp3) is 0.231. The number of hydrogen-bond acceptors (Lipinski definition) is 5. The Kier molecular flexibility index (Phi) is 5.20. The first-order valence-electron chi connectivity index (χ1n) is 6.16. The highest BCUT2D eigenvalue weighted by molar-refractivity contribution is 7.99. The lowest BCUT2D eigenvalue weighted by Gasteiger charge is -2.05. The number of amides is 1. The van der Waals surface area contributed by atoms with Crippen LogP contribution in [0.2, 0.25) is 5.02 Å². The first-order chi connectivity index (χ1) is 10.1. The fourth-order valence-electron chi connectivity index (χ4n) is 1.51. The molecule has 21 heavy (non-hydrogen) atoms. The van der Waals surface area contributed by atoms with E-state index in [2.05, 4.69) is 20.5 Å². The van der Waals surface area contributed by atoms with Gasteiger partial charge in [-0.05, 0) is 18.2 Å². The van der Waals surface area contributed by atoms with Gasteiger partial charge in [-0.1, -0.05) is 30.3 Å². The predicted octanol–water partition coefficient (Wildman–Crippen LogP) is 2.62. The number of benzene rings is 1. The Morgan fingerprint density at radius 3 is 3.00 bits per heavy atom. The van der Waals surface area contributed by atoms with Crippen LogP contribution in [0.5, 0.6) is 0 Å². The Morgan fingerprint density at radius 1 is 1.57 bits per heavy atom. The third kappa shape index (κ3) is 4.21. The molecule has 1 aromatic carbocycles. The van der Waals surface area contributed by atoms with Crippen molar-refractivity contribution in [2.45, 2.75) is 18.5 Å². The number of anilines is 1. The van der Waals surface area contributed by atoms with E-state index in [0.29, 0.717) is 21.4 Å². The molecular formula is C13H12ClN5OS. The van der Waals surface area contributed by atoms with Crippen LogP contribution >= 0.6 is 23.4 Å². The molecular weight excluding hydrogens is 310 g/mol. The summed E-state index contributed by atoms with van der Waals surface area (Å²) < 4.78 is 0. The number of aryl methyl sites for hydroxylation is 1. The van der Waals surface area contributed by atoms with Crippen molar-refractivity contribution in [1.29, 1.82) is 5.26 Å². The molecule has 0 atom stereocenters. The number of thioether (sulfide) groups is 1. The maximum Gasteiger partial charge on any atom is 0.234 e. The number of nitriles is 1. The standard InChI is InChI=1S/C13H12ClN5OS/c1-2-11-17-13(19-18-11)21-7-12(20)16-9-4-3-8(6-15)10(14)5-9/h3-5H,2,7H2,1H3,(H,16,20)(H,17,18,19). The molecule has 0 spiro atoms. The van der Waals surface area contributed by atoms with E-state index in [0.717, 1.165) is 12.2 Å². The van der Waals surface area contributed by atoms with E-state index >= 15 is 0 Å². The Bertz CT molecular complexity index is 694. The van der Waals surface area contributed by atoms with Crippen molar-refractivity contribution in [2.24, 2.45) is 0 Å². The molecule has 0 aliphatic carbocycles. The monoisotopic (exact) mass is 321 g/mol. The number of carbonyl (C=O) groups is 1. The maximum absolute atomic E-state index is 11.8. The molecule has 0 saturated heterocycles. The number of halogens is 1. The number of aromatic nitrogens is 3. The van der Waals surface area contributed by atoms with Gasteiger partial charge in [0.2, 0.25) is 11.1 Å². The Balaban J connectivity index is 1.90. The van der Waals surface area contributed by atoms with Crippen LogP contribution in [0.1, 0.15) is 18.3 Å². The highest BCUT2D eigenvalue weighted by Crippen LogP contribution is 2.20. The molecule has 0 fully saturated rings. The van der Waals surface area contributed by atoms with Crippen LogP contribution in [-0.4, -0.2) is 26.8 Å². The van der Waals surface area contributed by atoms with Crippen LogP contribution in [0.25, 0.3) is 0 Å². The van der Waals surface area contributed by atoms with E-state index in [1.807, 2.05) is 13.0 Å². The molecule has 1 amide bonds. The molecule has 2 aromatic rings. The van der Waals surface area contributed by atoms with Crippen LogP contribution in [-0.2, 0) is 11.2 Å². The zero-order valence-electron chi connectivity index (χ0n) is 11.2. The van der Waals surface area contributed by atoms with Crippen LogP contribution < -0.4 is 5.32 Å². The van der Waals surface area contributed by atoms with E-state index in [1.165, 1.54) is 11.8 Å². The highest BCUT2D eigenvalue weighted by atomic mass is 35.5. The van der Waals surface area contributed by atoms with Gasteiger partial charge in [0.05, 0.1) is 16.3 Å². The number of aromatic amines is 1. The molecule has 2 N–H and O–H groups in total. The molecule has 0 saturated carbocycles. The van der Waals surface area contributed by atoms with Gasteiger partial charge in [0.15, 0.2) is 0 Å². The molecule has 0 bridgehead atoms. The summed E-state index contributed by atoms with van der Waals surface area (Å²) in [6.45, 7) is 1.97. The van der Waals surface area contributed by atoms with Crippen molar-refractivity contribution in [1.82, 2.24) is 15.2 Å². The average Bonchev–Trinajstić information content (AvgIpc) is 2.93. The van der Waals surface area contributed by atoms with Crippen LogP contribution in [0, 0.1) is 11.3 Å². The number of nitrogens with one attached hydrogen (secondary N) is 2. The largest absolute Gasteiger partial charge is 0.325 e. The summed E-state index contributed by atoms with van der Waals surface area (Å²) in [6, 6.07) is 6.71. The van der Waals surface area contributed by atoms with Crippen LogP contribution in [0.3, 0.4) is 0 Å². The molecule has 6 nitrogen and oxygen atoms in total. The average molecular weight is 322 g/mol. The number of nitrogens with zero attached hydrogens (tertiary/aromatic N) is 3. The summed E-state index contributed by atoms with van der Waals surface area (Å²) in [6.07, 6.45) is 0.767. The molecule has 0 aliphatic rings. The van der Waals surface area contributed by atoms with Gasteiger partial charge < -0.3 is 5.32 Å². The highest BCUT2D eigenvalue weighted by Gasteiger charge is 2.08. The fourth-order valence-corrected chi connectivity index (χ4v) is 2.35. The summed E-state index contributed by atoms with van der Waals surface area (Å²) in [4.78, 5) is 16.0. The van der Waals surface area contributed by atoms with Crippen molar-refractivity contribution in [2.75, 3.05) is 11.1 Å². The van der Waals surface area contributed by atoms with Gasteiger partial charge in [0.1, 0.15) is 11.9 Å². The summed E-state index contributed by atoms with van der Waals surface area (Å²) >= 11 is 7.15. The van der Waals surface area contributed by atoms with Crippen molar-refractivity contribution in [3.8, 4) is 6.07 Å². The van der Waals surface area contributed by atoms with Gasteiger partial charge in [0.25, 0.3) is 0 Å². The quantitative estimate of drug-likeness (QED) is 0.825. The third-order valence-corrected chi connectivity index (χ3v) is 3.71.